The van der Waals surface area contributed by atoms with Gasteiger partial charge in [-0.2, -0.15) is 0 Å². The Bertz CT molecular complexity index is 567. The summed E-state index contributed by atoms with van der Waals surface area (Å²) in [6.07, 6.45) is 0. The first-order chi connectivity index (χ1) is 9.73. The van der Waals surface area contributed by atoms with Gasteiger partial charge in [-0.3, -0.25) is 14.5 Å². The number of ketones is 1. The molecule has 1 aliphatic rings. The maximum atomic E-state index is 12.7. The fourth-order valence-electron chi connectivity index (χ4n) is 3.09. The Labute approximate surface area is 126 Å². The van der Waals surface area contributed by atoms with E-state index in [9.17, 15) is 9.59 Å². The zero-order chi connectivity index (χ0) is 15.8. The molecule has 1 amide bonds. The van der Waals surface area contributed by atoms with E-state index in [1.54, 1.807) is 0 Å². The van der Waals surface area contributed by atoms with E-state index in [-0.39, 0.29) is 18.2 Å². The largest absolute Gasteiger partial charge is 0.353 e. The number of carbonyl (C=O) groups excluding carboxylic acids is 2. The number of rotatable bonds is 3. The molecule has 0 bridgehead atoms. The molecule has 4 heteroatoms. The highest BCUT2D eigenvalue weighted by Gasteiger charge is 2.38. The van der Waals surface area contributed by atoms with E-state index in [1.807, 2.05) is 51.7 Å². The number of amides is 1. The number of hydrogen-bond donors (Lipinski definition) is 1. The molecule has 0 saturated carbocycles. The fourth-order valence-corrected chi connectivity index (χ4v) is 3.09. The SMILES string of the molecule is Cc1cc(C)c(C(=O)CN2CCNC(=O)C2(C)C)c(C)c1. The third-order valence-corrected chi connectivity index (χ3v) is 4.30. The Morgan fingerprint density at radius 3 is 2.38 bits per heavy atom. The van der Waals surface area contributed by atoms with Crippen molar-refractivity contribution in [1.82, 2.24) is 10.2 Å². The van der Waals surface area contributed by atoms with Gasteiger partial charge < -0.3 is 5.32 Å². The predicted molar refractivity (Wildman–Crippen MR) is 83.6 cm³/mol. The van der Waals surface area contributed by atoms with Crippen molar-refractivity contribution in [2.75, 3.05) is 19.6 Å². The van der Waals surface area contributed by atoms with Gasteiger partial charge in [0.2, 0.25) is 5.91 Å². The Balaban J connectivity index is 2.24. The van der Waals surface area contributed by atoms with Crippen molar-refractivity contribution in [2.45, 2.75) is 40.2 Å². The highest BCUT2D eigenvalue weighted by atomic mass is 16.2. The molecular weight excluding hydrogens is 264 g/mol. The van der Waals surface area contributed by atoms with Crippen LogP contribution < -0.4 is 5.32 Å². The van der Waals surface area contributed by atoms with Crippen LogP contribution in [-0.4, -0.2) is 41.8 Å². The molecule has 0 aliphatic carbocycles. The van der Waals surface area contributed by atoms with Crippen molar-refractivity contribution >= 4 is 11.7 Å². The molecule has 21 heavy (non-hydrogen) atoms. The van der Waals surface area contributed by atoms with Crippen LogP contribution >= 0.6 is 0 Å². The fraction of sp³-hybridized carbons (Fsp3) is 0.529. The summed E-state index contributed by atoms with van der Waals surface area (Å²) in [4.78, 5) is 26.6. The molecule has 114 valence electrons. The standard InChI is InChI=1S/C17H24N2O2/c1-11-8-12(2)15(13(3)9-11)14(20)10-19-7-6-18-16(21)17(19,4)5/h8-9H,6-7,10H2,1-5H3,(H,18,21). The number of nitrogens with one attached hydrogen (secondary N) is 1. The van der Waals surface area contributed by atoms with Crippen molar-refractivity contribution in [1.29, 1.82) is 0 Å². The van der Waals surface area contributed by atoms with Gasteiger partial charge in [0.05, 0.1) is 12.1 Å². The second kappa shape index (κ2) is 5.60. The molecule has 0 atom stereocenters. The summed E-state index contributed by atoms with van der Waals surface area (Å²) in [5.74, 6) is 0.0756. The maximum Gasteiger partial charge on any atom is 0.240 e. The number of nitrogens with zero attached hydrogens (tertiary/aromatic N) is 1. The highest BCUT2D eigenvalue weighted by molar-refractivity contribution is 6.01. The zero-order valence-corrected chi connectivity index (χ0v) is 13.5. The van der Waals surface area contributed by atoms with E-state index in [4.69, 9.17) is 0 Å². The molecule has 4 nitrogen and oxygen atoms in total. The third-order valence-electron chi connectivity index (χ3n) is 4.30. The van der Waals surface area contributed by atoms with E-state index in [2.05, 4.69) is 5.32 Å². The summed E-state index contributed by atoms with van der Waals surface area (Å²) in [5, 5.41) is 2.85. The van der Waals surface area contributed by atoms with E-state index in [0.717, 1.165) is 16.7 Å². The van der Waals surface area contributed by atoms with Crippen molar-refractivity contribution in [3.05, 3.63) is 34.4 Å². The van der Waals surface area contributed by atoms with Gasteiger partial charge in [0.1, 0.15) is 0 Å². The Kier molecular flexibility index (Phi) is 4.19. The summed E-state index contributed by atoms with van der Waals surface area (Å²) >= 11 is 0. The first-order valence-electron chi connectivity index (χ1n) is 7.38. The molecule has 2 rings (SSSR count). The molecule has 1 heterocycles. The smallest absolute Gasteiger partial charge is 0.240 e. The second-order valence-corrected chi connectivity index (χ2v) is 6.43. The molecule has 1 fully saturated rings. The van der Waals surface area contributed by atoms with Gasteiger partial charge in [-0.15, -0.1) is 0 Å². The van der Waals surface area contributed by atoms with Crippen molar-refractivity contribution in [3.8, 4) is 0 Å². The minimum Gasteiger partial charge on any atom is -0.353 e. The Hall–Kier alpha value is -1.68. The lowest BCUT2D eigenvalue weighted by Crippen LogP contribution is -2.62. The summed E-state index contributed by atoms with van der Waals surface area (Å²) in [7, 11) is 0. The molecule has 1 aromatic rings. The van der Waals surface area contributed by atoms with Crippen LogP contribution in [0.1, 0.15) is 40.9 Å². The third kappa shape index (κ3) is 3.00. The monoisotopic (exact) mass is 288 g/mol. The number of piperazine rings is 1. The predicted octanol–water partition coefficient (Wildman–Crippen LogP) is 2.00. The van der Waals surface area contributed by atoms with Crippen LogP contribution in [0.5, 0.6) is 0 Å². The lowest BCUT2D eigenvalue weighted by molar-refractivity contribution is -0.134. The molecule has 0 spiro atoms. The van der Waals surface area contributed by atoms with Gasteiger partial charge in [-0.05, 0) is 45.7 Å². The Morgan fingerprint density at radius 2 is 1.81 bits per heavy atom. The zero-order valence-electron chi connectivity index (χ0n) is 13.5. The lowest BCUT2D eigenvalue weighted by Gasteiger charge is -2.40. The number of hydrogen-bond acceptors (Lipinski definition) is 3. The van der Waals surface area contributed by atoms with Gasteiger partial charge in [0, 0.05) is 18.7 Å². The highest BCUT2D eigenvalue weighted by Crippen LogP contribution is 2.21. The van der Waals surface area contributed by atoms with Crippen molar-refractivity contribution in [3.63, 3.8) is 0 Å². The molecular formula is C17H24N2O2. The first kappa shape index (κ1) is 15.7. The van der Waals surface area contributed by atoms with Crippen LogP contribution in [0.2, 0.25) is 0 Å². The molecule has 0 radical (unpaired) electrons. The molecule has 0 unspecified atom stereocenters. The summed E-state index contributed by atoms with van der Waals surface area (Å²) < 4.78 is 0. The number of Topliss-reactive ketones (excluding diaryl/α,β-unsaturated/α-hetero) is 1. The van der Waals surface area contributed by atoms with Crippen LogP contribution in [0.4, 0.5) is 0 Å². The number of benzene rings is 1. The molecule has 0 aromatic heterocycles. The van der Waals surface area contributed by atoms with Gasteiger partial charge in [-0.1, -0.05) is 17.7 Å². The number of aryl methyl sites for hydroxylation is 3. The van der Waals surface area contributed by atoms with Crippen molar-refractivity contribution in [2.24, 2.45) is 0 Å². The summed E-state index contributed by atoms with van der Waals surface area (Å²) in [6.45, 7) is 11.3. The van der Waals surface area contributed by atoms with E-state index < -0.39 is 5.54 Å². The molecule has 1 aliphatic heterocycles. The average Bonchev–Trinajstić information content (AvgIpc) is 2.34. The second-order valence-electron chi connectivity index (χ2n) is 6.43. The first-order valence-corrected chi connectivity index (χ1v) is 7.38. The lowest BCUT2D eigenvalue weighted by atomic mass is 9.94. The normalized spacial score (nSPS) is 18.4. The van der Waals surface area contributed by atoms with Gasteiger partial charge in [0.25, 0.3) is 0 Å². The van der Waals surface area contributed by atoms with E-state index in [0.29, 0.717) is 13.1 Å². The molecule has 1 N–H and O–H groups in total. The molecule has 1 saturated heterocycles. The Morgan fingerprint density at radius 1 is 1.24 bits per heavy atom. The summed E-state index contributed by atoms with van der Waals surface area (Å²) in [5.41, 5.74) is 3.34. The van der Waals surface area contributed by atoms with Crippen LogP contribution in [0.25, 0.3) is 0 Å². The van der Waals surface area contributed by atoms with E-state index >= 15 is 0 Å². The topological polar surface area (TPSA) is 49.4 Å². The minimum atomic E-state index is -0.638. The molecule has 1 aromatic carbocycles. The van der Waals surface area contributed by atoms with Gasteiger partial charge in [-0.25, -0.2) is 0 Å². The van der Waals surface area contributed by atoms with Gasteiger partial charge >= 0.3 is 0 Å². The number of carbonyl (C=O) groups is 2. The quantitative estimate of drug-likeness (QED) is 0.866. The average molecular weight is 288 g/mol. The minimum absolute atomic E-state index is 0.0149. The summed E-state index contributed by atoms with van der Waals surface area (Å²) in [6, 6.07) is 4.07. The van der Waals surface area contributed by atoms with Crippen LogP contribution in [0.3, 0.4) is 0 Å². The maximum absolute atomic E-state index is 12.7. The van der Waals surface area contributed by atoms with Crippen LogP contribution in [-0.2, 0) is 4.79 Å². The van der Waals surface area contributed by atoms with Crippen LogP contribution in [0, 0.1) is 20.8 Å². The van der Waals surface area contributed by atoms with Crippen molar-refractivity contribution < 1.29 is 9.59 Å². The van der Waals surface area contributed by atoms with E-state index in [1.165, 1.54) is 5.56 Å². The van der Waals surface area contributed by atoms with Crippen LogP contribution in [0.15, 0.2) is 12.1 Å². The van der Waals surface area contributed by atoms with Gasteiger partial charge in [0.15, 0.2) is 5.78 Å².